The molecule has 5 nitrogen and oxygen atoms in total. The molecular weight excluding hydrogens is 371 g/mol. The normalized spacial score (nSPS) is 10.5. The summed E-state index contributed by atoms with van der Waals surface area (Å²) in [4.78, 5) is 29.6. The van der Waals surface area contributed by atoms with E-state index in [-0.39, 0.29) is 22.5 Å². The van der Waals surface area contributed by atoms with Crippen LogP contribution < -0.4 is 5.32 Å². The molecule has 0 aliphatic rings. The molecule has 0 radical (unpaired) electrons. The maximum atomic E-state index is 12.5. The minimum Gasteiger partial charge on any atom is -0.462 e. The average Bonchev–Trinajstić information content (AvgIpc) is 2.85. The number of pyridine rings is 1. The lowest BCUT2D eigenvalue weighted by atomic mass is 10.1. The summed E-state index contributed by atoms with van der Waals surface area (Å²) in [7, 11) is 0. The van der Waals surface area contributed by atoms with Gasteiger partial charge in [-0.1, -0.05) is 30.1 Å². The van der Waals surface area contributed by atoms with Gasteiger partial charge in [-0.3, -0.25) is 4.79 Å². The first kappa shape index (κ1) is 18.7. The standard InChI is InChI=1S/C16H16Cl2N2O3S/c1-4-9-8(3)24-15(12(9)16(22)23-5-2)20-14(21)13-10(17)6-7-11(18)19-13/h6-7H,4-5H2,1-3H3,(H,20,21). The summed E-state index contributed by atoms with van der Waals surface area (Å²) in [5, 5.41) is 3.46. The zero-order valence-electron chi connectivity index (χ0n) is 13.4. The molecule has 0 saturated carbocycles. The van der Waals surface area contributed by atoms with Crippen molar-refractivity contribution in [2.24, 2.45) is 0 Å². The molecule has 0 aliphatic carbocycles. The molecule has 1 N–H and O–H groups in total. The van der Waals surface area contributed by atoms with Gasteiger partial charge in [0.25, 0.3) is 5.91 Å². The number of rotatable bonds is 5. The van der Waals surface area contributed by atoms with E-state index in [2.05, 4.69) is 10.3 Å². The molecule has 0 atom stereocenters. The van der Waals surface area contributed by atoms with Crippen LogP contribution >= 0.6 is 34.5 Å². The van der Waals surface area contributed by atoms with E-state index in [0.29, 0.717) is 17.0 Å². The zero-order chi connectivity index (χ0) is 17.9. The van der Waals surface area contributed by atoms with Crippen LogP contribution in [0, 0.1) is 6.92 Å². The predicted molar refractivity (Wildman–Crippen MR) is 96.6 cm³/mol. The minimum atomic E-state index is -0.531. The third-order valence-corrected chi connectivity index (χ3v) is 4.87. The molecule has 24 heavy (non-hydrogen) atoms. The highest BCUT2D eigenvalue weighted by Crippen LogP contribution is 2.34. The lowest BCUT2D eigenvalue weighted by Crippen LogP contribution is -2.17. The smallest absolute Gasteiger partial charge is 0.341 e. The van der Waals surface area contributed by atoms with Gasteiger partial charge in [-0.15, -0.1) is 11.3 Å². The number of carbonyl (C=O) groups excluding carboxylic acids is 2. The number of ether oxygens (including phenoxy) is 1. The molecule has 0 saturated heterocycles. The van der Waals surface area contributed by atoms with Gasteiger partial charge >= 0.3 is 5.97 Å². The molecule has 0 bridgehead atoms. The molecule has 0 fully saturated rings. The SMILES string of the molecule is CCOC(=O)c1c(NC(=O)c2nc(Cl)ccc2Cl)sc(C)c1CC. The Kier molecular flexibility index (Phi) is 6.21. The Morgan fingerprint density at radius 1 is 1.29 bits per heavy atom. The first-order chi connectivity index (χ1) is 11.4. The number of nitrogens with zero attached hydrogens (tertiary/aromatic N) is 1. The summed E-state index contributed by atoms with van der Waals surface area (Å²) in [5.74, 6) is -0.990. The van der Waals surface area contributed by atoms with Gasteiger partial charge in [0, 0.05) is 4.88 Å². The lowest BCUT2D eigenvalue weighted by Gasteiger charge is -2.08. The number of nitrogens with one attached hydrogen (secondary N) is 1. The molecule has 8 heteroatoms. The van der Waals surface area contributed by atoms with Crippen molar-refractivity contribution >= 4 is 51.4 Å². The highest BCUT2D eigenvalue weighted by Gasteiger charge is 2.24. The van der Waals surface area contributed by atoms with Crippen molar-refractivity contribution < 1.29 is 14.3 Å². The van der Waals surface area contributed by atoms with Crippen LogP contribution in [0.3, 0.4) is 0 Å². The maximum absolute atomic E-state index is 12.5. The van der Waals surface area contributed by atoms with Gasteiger partial charge in [-0.2, -0.15) is 0 Å². The fourth-order valence-electron chi connectivity index (χ4n) is 2.25. The van der Waals surface area contributed by atoms with Crippen LogP contribution in [0.15, 0.2) is 12.1 Å². The van der Waals surface area contributed by atoms with E-state index in [1.165, 1.54) is 23.5 Å². The van der Waals surface area contributed by atoms with E-state index in [0.717, 1.165) is 10.4 Å². The van der Waals surface area contributed by atoms with Gasteiger partial charge in [-0.25, -0.2) is 9.78 Å². The van der Waals surface area contributed by atoms with Gasteiger partial charge in [0.2, 0.25) is 0 Å². The molecule has 2 aromatic heterocycles. The highest BCUT2D eigenvalue weighted by molar-refractivity contribution is 7.16. The molecule has 2 heterocycles. The van der Waals surface area contributed by atoms with Crippen molar-refractivity contribution in [2.75, 3.05) is 11.9 Å². The van der Waals surface area contributed by atoms with Crippen LogP contribution in [-0.4, -0.2) is 23.5 Å². The molecule has 1 amide bonds. The number of anilines is 1. The van der Waals surface area contributed by atoms with Crippen molar-refractivity contribution in [2.45, 2.75) is 27.2 Å². The number of aryl methyl sites for hydroxylation is 1. The number of halogens is 2. The topological polar surface area (TPSA) is 68.3 Å². The Morgan fingerprint density at radius 3 is 2.62 bits per heavy atom. The largest absolute Gasteiger partial charge is 0.462 e. The Balaban J connectivity index is 2.40. The fraction of sp³-hybridized carbons (Fsp3) is 0.312. The van der Waals surface area contributed by atoms with Gasteiger partial charge in [0.15, 0.2) is 0 Å². The van der Waals surface area contributed by atoms with E-state index in [1.807, 2.05) is 13.8 Å². The van der Waals surface area contributed by atoms with E-state index in [1.54, 1.807) is 6.92 Å². The van der Waals surface area contributed by atoms with Crippen LogP contribution in [0.25, 0.3) is 0 Å². The molecule has 0 unspecified atom stereocenters. The van der Waals surface area contributed by atoms with E-state index in [9.17, 15) is 9.59 Å². The Labute approximate surface area is 153 Å². The number of hydrogen-bond acceptors (Lipinski definition) is 5. The summed E-state index contributed by atoms with van der Waals surface area (Å²) in [6, 6.07) is 2.99. The highest BCUT2D eigenvalue weighted by atomic mass is 35.5. The summed E-state index contributed by atoms with van der Waals surface area (Å²) < 4.78 is 5.11. The second kappa shape index (κ2) is 7.96. The minimum absolute atomic E-state index is 0.00285. The van der Waals surface area contributed by atoms with Crippen LogP contribution in [0.4, 0.5) is 5.00 Å². The predicted octanol–water partition coefficient (Wildman–Crippen LogP) is 4.75. The monoisotopic (exact) mass is 386 g/mol. The zero-order valence-corrected chi connectivity index (χ0v) is 15.7. The van der Waals surface area contributed by atoms with E-state index < -0.39 is 11.9 Å². The van der Waals surface area contributed by atoms with Gasteiger partial charge in [0.05, 0.1) is 17.2 Å². The first-order valence-electron chi connectivity index (χ1n) is 7.31. The number of amides is 1. The second-order valence-corrected chi connectivity index (χ2v) is 6.85. The molecule has 128 valence electrons. The van der Waals surface area contributed by atoms with Gasteiger partial charge < -0.3 is 10.1 Å². The van der Waals surface area contributed by atoms with Crippen molar-refractivity contribution in [3.05, 3.63) is 44.0 Å². The average molecular weight is 387 g/mol. The Bertz CT molecular complexity index is 790. The fourth-order valence-corrected chi connectivity index (χ4v) is 3.72. The van der Waals surface area contributed by atoms with Crippen LogP contribution in [-0.2, 0) is 11.2 Å². The van der Waals surface area contributed by atoms with Crippen molar-refractivity contribution in [3.8, 4) is 0 Å². The third kappa shape index (κ3) is 3.88. The lowest BCUT2D eigenvalue weighted by molar-refractivity contribution is 0.0527. The number of hydrogen-bond donors (Lipinski definition) is 1. The molecule has 2 aromatic rings. The van der Waals surface area contributed by atoms with E-state index in [4.69, 9.17) is 27.9 Å². The molecule has 0 aliphatic heterocycles. The quantitative estimate of drug-likeness (QED) is 0.594. The number of carbonyl (C=O) groups is 2. The van der Waals surface area contributed by atoms with Crippen LogP contribution in [0.5, 0.6) is 0 Å². The Hall–Kier alpha value is -1.63. The summed E-state index contributed by atoms with van der Waals surface area (Å²) in [6.07, 6.45) is 0.655. The number of thiophene rings is 1. The molecule has 0 aromatic carbocycles. The van der Waals surface area contributed by atoms with Crippen molar-refractivity contribution in [1.29, 1.82) is 0 Å². The summed E-state index contributed by atoms with van der Waals surface area (Å²) in [5.41, 5.74) is 1.25. The van der Waals surface area contributed by atoms with Crippen LogP contribution in [0.2, 0.25) is 10.2 Å². The summed E-state index contributed by atoms with van der Waals surface area (Å²) in [6.45, 7) is 5.83. The van der Waals surface area contributed by atoms with E-state index >= 15 is 0 Å². The molecular formula is C16H16Cl2N2O3S. The maximum Gasteiger partial charge on any atom is 0.341 e. The Morgan fingerprint density at radius 2 is 2.00 bits per heavy atom. The molecule has 0 spiro atoms. The van der Waals surface area contributed by atoms with Crippen molar-refractivity contribution in [1.82, 2.24) is 4.98 Å². The van der Waals surface area contributed by atoms with Gasteiger partial charge in [0.1, 0.15) is 15.8 Å². The van der Waals surface area contributed by atoms with Gasteiger partial charge in [-0.05, 0) is 38.0 Å². The summed E-state index contributed by atoms with van der Waals surface area (Å²) >= 11 is 13.1. The second-order valence-electron chi connectivity index (χ2n) is 4.83. The number of aromatic nitrogens is 1. The first-order valence-corrected chi connectivity index (χ1v) is 8.89. The van der Waals surface area contributed by atoms with Crippen molar-refractivity contribution in [3.63, 3.8) is 0 Å². The number of esters is 1. The van der Waals surface area contributed by atoms with Crippen LogP contribution in [0.1, 0.15) is 45.1 Å². The third-order valence-electron chi connectivity index (χ3n) is 3.30. The molecule has 2 rings (SSSR count).